The lowest BCUT2D eigenvalue weighted by Gasteiger charge is -2.18. The fourth-order valence-corrected chi connectivity index (χ4v) is 3.98. The Labute approximate surface area is 153 Å². The number of hydrogen-bond acceptors (Lipinski definition) is 5. The molecular weight excluding hydrogens is 354 g/mol. The number of aryl methyl sites for hydroxylation is 1. The summed E-state index contributed by atoms with van der Waals surface area (Å²) in [6.07, 6.45) is 0. The highest BCUT2D eigenvalue weighted by atomic mass is 32.2. The highest BCUT2D eigenvalue weighted by Crippen LogP contribution is 2.31. The molecule has 0 aliphatic rings. The highest BCUT2D eigenvalue weighted by molar-refractivity contribution is 7.89. The summed E-state index contributed by atoms with van der Waals surface area (Å²) in [7, 11) is -3.80. The molecule has 0 aliphatic heterocycles. The van der Waals surface area contributed by atoms with Gasteiger partial charge in [0.25, 0.3) is 5.69 Å². The number of nitro benzene ring substituents is 1. The summed E-state index contributed by atoms with van der Waals surface area (Å²) >= 11 is 0. The molecule has 0 saturated heterocycles. The number of hydrogen-bond donors (Lipinski definition) is 2. The van der Waals surface area contributed by atoms with E-state index >= 15 is 0 Å². The van der Waals surface area contributed by atoms with E-state index in [-0.39, 0.29) is 28.4 Å². The van der Waals surface area contributed by atoms with Crippen molar-refractivity contribution in [3.63, 3.8) is 0 Å². The molecule has 0 aliphatic carbocycles. The number of benzene rings is 2. The van der Waals surface area contributed by atoms with E-state index in [1.54, 1.807) is 13.8 Å². The van der Waals surface area contributed by atoms with Crippen LogP contribution in [0.1, 0.15) is 37.9 Å². The first kappa shape index (κ1) is 19.9. The first-order valence-electron chi connectivity index (χ1n) is 8.24. The van der Waals surface area contributed by atoms with Gasteiger partial charge in [-0.1, -0.05) is 24.3 Å². The average molecular weight is 377 g/mol. The van der Waals surface area contributed by atoms with Crippen LogP contribution in [-0.2, 0) is 10.0 Å². The molecule has 1 atom stereocenters. The van der Waals surface area contributed by atoms with E-state index < -0.39 is 14.9 Å². The molecule has 0 amide bonds. The van der Waals surface area contributed by atoms with Gasteiger partial charge < -0.3 is 5.32 Å². The third-order valence-corrected chi connectivity index (χ3v) is 5.55. The van der Waals surface area contributed by atoms with Crippen LogP contribution in [0.25, 0.3) is 0 Å². The fraction of sp³-hybridized carbons (Fsp3) is 0.333. The molecular formula is C18H23N3O4S. The van der Waals surface area contributed by atoms with E-state index in [1.807, 2.05) is 38.1 Å². The average Bonchev–Trinajstić information content (AvgIpc) is 2.53. The van der Waals surface area contributed by atoms with E-state index in [4.69, 9.17) is 0 Å². The third kappa shape index (κ3) is 4.59. The molecule has 2 N–H and O–H groups in total. The fourth-order valence-electron chi connectivity index (χ4n) is 2.71. The topological polar surface area (TPSA) is 101 Å². The largest absolute Gasteiger partial charge is 0.373 e. The summed E-state index contributed by atoms with van der Waals surface area (Å²) in [5, 5.41) is 14.6. The summed E-state index contributed by atoms with van der Waals surface area (Å²) < 4.78 is 27.0. The maximum Gasteiger partial charge on any atom is 0.293 e. The molecule has 0 aromatic heterocycles. The number of anilines is 1. The van der Waals surface area contributed by atoms with Crippen LogP contribution >= 0.6 is 0 Å². The van der Waals surface area contributed by atoms with Gasteiger partial charge in [0, 0.05) is 18.2 Å². The Morgan fingerprint density at radius 3 is 2.31 bits per heavy atom. The predicted molar refractivity (Wildman–Crippen MR) is 102 cm³/mol. The summed E-state index contributed by atoms with van der Waals surface area (Å²) in [5.74, 6) is 0. The number of sulfonamides is 1. The van der Waals surface area contributed by atoms with Crippen molar-refractivity contribution in [3.05, 3.63) is 63.7 Å². The van der Waals surface area contributed by atoms with E-state index in [2.05, 4.69) is 10.0 Å². The maximum absolute atomic E-state index is 12.3. The lowest BCUT2D eigenvalue weighted by molar-refractivity contribution is -0.384. The molecule has 0 fully saturated rings. The van der Waals surface area contributed by atoms with E-state index in [0.717, 1.165) is 17.2 Å². The monoisotopic (exact) mass is 377 g/mol. The second-order valence-corrected chi connectivity index (χ2v) is 8.15. The molecule has 1 unspecified atom stereocenters. The van der Waals surface area contributed by atoms with Gasteiger partial charge in [0.1, 0.15) is 5.69 Å². The van der Waals surface area contributed by atoms with E-state index in [1.165, 1.54) is 12.1 Å². The van der Waals surface area contributed by atoms with Gasteiger partial charge in [-0.25, -0.2) is 13.1 Å². The molecule has 2 aromatic carbocycles. The lowest BCUT2D eigenvalue weighted by Crippen LogP contribution is -2.30. The number of nitro groups is 1. The predicted octanol–water partition coefficient (Wildman–Crippen LogP) is 3.76. The number of rotatable bonds is 7. The van der Waals surface area contributed by atoms with Gasteiger partial charge in [0.05, 0.1) is 9.82 Å². The van der Waals surface area contributed by atoms with Gasteiger partial charge in [-0.3, -0.25) is 10.1 Å². The van der Waals surface area contributed by atoms with Crippen LogP contribution in [-0.4, -0.2) is 19.4 Å². The van der Waals surface area contributed by atoms with Gasteiger partial charge >= 0.3 is 0 Å². The second kappa shape index (κ2) is 7.84. The van der Waals surface area contributed by atoms with Crippen LogP contribution < -0.4 is 10.0 Å². The minimum absolute atomic E-state index is 0.132. The van der Waals surface area contributed by atoms with Gasteiger partial charge in [0.15, 0.2) is 0 Å². The summed E-state index contributed by atoms with van der Waals surface area (Å²) in [6.45, 7) is 7.24. The molecule has 26 heavy (non-hydrogen) atoms. The zero-order chi connectivity index (χ0) is 19.5. The Hall–Kier alpha value is -2.45. The normalized spacial score (nSPS) is 12.8. The summed E-state index contributed by atoms with van der Waals surface area (Å²) in [4.78, 5) is 10.7. The number of nitrogens with zero attached hydrogens (tertiary/aromatic N) is 1. The molecule has 140 valence electrons. The molecule has 8 heteroatoms. The van der Waals surface area contributed by atoms with Crippen molar-refractivity contribution in [2.45, 2.75) is 44.7 Å². The minimum atomic E-state index is -3.80. The zero-order valence-corrected chi connectivity index (χ0v) is 16.0. The quantitative estimate of drug-likeness (QED) is 0.565. The number of nitrogens with one attached hydrogen (secondary N) is 2. The SMILES string of the molecule is Cc1ccccc1C(C)Nc1ccc(S(=O)(=O)NC(C)C)cc1[N+](=O)[O-]. The first-order chi connectivity index (χ1) is 12.1. The van der Waals surface area contributed by atoms with Crippen molar-refractivity contribution in [1.29, 1.82) is 0 Å². The van der Waals surface area contributed by atoms with Crippen LogP contribution in [0.4, 0.5) is 11.4 Å². The van der Waals surface area contributed by atoms with Gasteiger partial charge in [-0.2, -0.15) is 0 Å². The molecule has 0 saturated carbocycles. The van der Waals surface area contributed by atoms with Crippen LogP contribution in [0.3, 0.4) is 0 Å². The van der Waals surface area contributed by atoms with Gasteiger partial charge in [0.2, 0.25) is 10.0 Å². The third-order valence-electron chi connectivity index (χ3n) is 3.89. The molecule has 0 bridgehead atoms. The second-order valence-electron chi connectivity index (χ2n) is 6.43. The van der Waals surface area contributed by atoms with Crippen LogP contribution in [0.15, 0.2) is 47.4 Å². The molecule has 2 rings (SSSR count). The minimum Gasteiger partial charge on any atom is -0.373 e. The van der Waals surface area contributed by atoms with Crippen molar-refractivity contribution in [3.8, 4) is 0 Å². The molecule has 0 heterocycles. The Balaban J connectivity index is 2.38. The van der Waals surface area contributed by atoms with E-state index in [0.29, 0.717) is 0 Å². The van der Waals surface area contributed by atoms with Gasteiger partial charge in [-0.15, -0.1) is 0 Å². The van der Waals surface area contributed by atoms with Crippen molar-refractivity contribution in [2.24, 2.45) is 0 Å². The van der Waals surface area contributed by atoms with Gasteiger partial charge in [-0.05, 0) is 51.0 Å². The molecule has 2 aromatic rings. The van der Waals surface area contributed by atoms with Crippen molar-refractivity contribution in [2.75, 3.05) is 5.32 Å². The van der Waals surface area contributed by atoms with Crippen molar-refractivity contribution < 1.29 is 13.3 Å². The standard InChI is InChI=1S/C18H23N3O4S/c1-12(2)20-26(24,25)15-9-10-17(18(11-15)21(22)23)19-14(4)16-8-6-5-7-13(16)3/h5-12,14,19-20H,1-4H3. The Morgan fingerprint density at radius 1 is 1.08 bits per heavy atom. The first-order valence-corrected chi connectivity index (χ1v) is 9.73. The van der Waals surface area contributed by atoms with Crippen LogP contribution in [0, 0.1) is 17.0 Å². The smallest absolute Gasteiger partial charge is 0.293 e. The Bertz CT molecular complexity index is 910. The van der Waals surface area contributed by atoms with Crippen LogP contribution in [0.5, 0.6) is 0 Å². The van der Waals surface area contributed by atoms with E-state index in [9.17, 15) is 18.5 Å². The highest BCUT2D eigenvalue weighted by Gasteiger charge is 2.23. The zero-order valence-electron chi connectivity index (χ0n) is 15.2. The lowest BCUT2D eigenvalue weighted by atomic mass is 10.0. The van der Waals surface area contributed by atoms with Crippen LogP contribution in [0.2, 0.25) is 0 Å². The Kier molecular flexibility index (Phi) is 5.99. The maximum atomic E-state index is 12.3. The molecule has 0 radical (unpaired) electrons. The molecule has 7 nitrogen and oxygen atoms in total. The van der Waals surface area contributed by atoms with Crippen molar-refractivity contribution >= 4 is 21.4 Å². The Morgan fingerprint density at radius 2 is 1.73 bits per heavy atom. The summed E-state index contributed by atoms with van der Waals surface area (Å²) in [5.41, 5.74) is 2.07. The molecule has 0 spiro atoms. The van der Waals surface area contributed by atoms with Crippen molar-refractivity contribution in [1.82, 2.24) is 4.72 Å². The summed E-state index contributed by atoms with van der Waals surface area (Å²) in [6, 6.07) is 11.1.